The topological polar surface area (TPSA) is 0 Å². The Balaban J connectivity index is 0.000000255. The van der Waals surface area contributed by atoms with Crippen molar-refractivity contribution in [1.29, 1.82) is 0 Å². The van der Waals surface area contributed by atoms with E-state index in [-0.39, 0.29) is 36.4 Å². The predicted octanol–water partition coefficient (Wildman–Crippen LogP) is 1.36. The van der Waals surface area contributed by atoms with Crippen molar-refractivity contribution >= 4 is 24.8 Å². The molecule has 0 heterocycles. The number of benzene rings is 2. The van der Waals surface area contributed by atoms with Crippen molar-refractivity contribution < 1.29 is 57.8 Å². The molecule has 0 bridgehead atoms. The molecule has 0 aromatic heterocycles. The summed E-state index contributed by atoms with van der Waals surface area (Å²) in [6, 6.07) is 11.1. The van der Waals surface area contributed by atoms with E-state index in [1.807, 2.05) is 21.4 Å². The van der Waals surface area contributed by atoms with Gasteiger partial charge in [0.1, 0.15) is 11.6 Å². The summed E-state index contributed by atoms with van der Waals surface area (Å²) in [4.78, 5) is 0. The van der Waals surface area contributed by atoms with Crippen LogP contribution in [0, 0.1) is 17.7 Å². The number of halogens is 4. The first-order valence-electron chi connectivity index (χ1n) is 9.86. The van der Waals surface area contributed by atoms with Crippen LogP contribution >= 0.6 is 0 Å². The first kappa shape index (κ1) is 27.0. The second-order valence-electron chi connectivity index (χ2n) is 7.13. The van der Waals surface area contributed by atoms with Crippen molar-refractivity contribution in [2.24, 2.45) is 0 Å². The van der Waals surface area contributed by atoms with Crippen LogP contribution < -0.4 is 24.8 Å². The summed E-state index contributed by atoms with van der Waals surface area (Å²) >= 11 is 1.69. The molecule has 5 heteroatoms. The summed E-state index contributed by atoms with van der Waals surface area (Å²) in [5.41, 5.74) is 0. The fourth-order valence-corrected chi connectivity index (χ4v) is 4.31. The summed E-state index contributed by atoms with van der Waals surface area (Å²) in [7, 11) is 0. The molecule has 1 fully saturated rings. The van der Waals surface area contributed by atoms with Gasteiger partial charge in [0, 0.05) is 0 Å². The van der Waals surface area contributed by atoms with Crippen molar-refractivity contribution in [3.63, 3.8) is 0 Å². The Kier molecular flexibility index (Phi) is 12.7. The van der Waals surface area contributed by atoms with E-state index in [0.29, 0.717) is 0 Å². The van der Waals surface area contributed by atoms with Gasteiger partial charge in [0.2, 0.25) is 0 Å². The maximum absolute atomic E-state index is 13.0. The monoisotopic (exact) mass is 522 g/mol. The van der Waals surface area contributed by atoms with Crippen LogP contribution in [0.1, 0.15) is 44.9 Å². The minimum absolute atomic E-state index is 0. The van der Waals surface area contributed by atoms with E-state index in [9.17, 15) is 8.78 Å². The Hall–Kier alpha value is -1.02. The van der Waals surface area contributed by atoms with E-state index < -0.39 is 0 Å². The van der Waals surface area contributed by atoms with Crippen LogP contribution in [0.4, 0.5) is 8.78 Å². The van der Waals surface area contributed by atoms with Crippen molar-refractivity contribution in [1.82, 2.24) is 0 Å². The van der Waals surface area contributed by atoms with Gasteiger partial charge < -0.3 is 24.8 Å². The standard InChI is InChI=1S/C13H7F2.C7H12.C5H5.2ClH.Zr/c14-10-3-1-8-5-9-2-4-11(15)7-13(9)12(8)6-10;1-2-4-6-7-5-3-1;1-2-4-5-3-1;;;/h1-7H;1-6H2;1-3H,4H2;2*1H;/q-1;;-1;;;+2/p-2. The van der Waals surface area contributed by atoms with Gasteiger partial charge in [-0.25, -0.2) is 20.9 Å². The summed E-state index contributed by atoms with van der Waals surface area (Å²) in [5, 5.41) is 3.42. The summed E-state index contributed by atoms with van der Waals surface area (Å²) < 4.78 is 27.9. The van der Waals surface area contributed by atoms with Crippen LogP contribution in [0.2, 0.25) is 0 Å². The van der Waals surface area contributed by atoms with Crippen LogP contribution in [0.3, 0.4) is 0 Å². The van der Waals surface area contributed by atoms with Crippen LogP contribution in [-0.4, -0.2) is 3.21 Å². The summed E-state index contributed by atoms with van der Waals surface area (Å²) in [5.74, 6) is -0.585. The molecular formula is C25H24Cl2F2Zr-2. The predicted molar refractivity (Wildman–Crippen MR) is 111 cm³/mol. The molecule has 0 saturated heterocycles. The van der Waals surface area contributed by atoms with Gasteiger partial charge in [-0.1, -0.05) is 24.3 Å². The Bertz CT molecular complexity index is 929. The molecule has 5 rings (SSSR count). The molecular weight excluding hydrogens is 500 g/mol. The van der Waals surface area contributed by atoms with E-state index in [1.165, 1.54) is 62.8 Å². The molecule has 158 valence electrons. The average Bonchev–Trinajstić information content (AvgIpc) is 3.31. The van der Waals surface area contributed by atoms with Gasteiger partial charge in [0.05, 0.1) is 0 Å². The number of allylic oxidation sites excluding steroid dienone is 4. The third-order valence-corrected chi connectivity index (χ3v) is 6.15. The number of rotatable bonds is 0. The zero-order chi connectivity index (χ0) is 19.8. The van der Waals surface area contributed by atoms with Gasteiger partial charge in [0.25, 0.3) is 0 Å². The molecule has 0 amide bonds. The van der Waals surface area contributed by atoms with Gasteiger partial charge in [0.15, 0.2) is 0 Å². The van der Waals surface area contributed by atoms with E-state index in [1.54, 1.807) is 36.4 Å². The molecule has 0 nitrogen and oxygen atoms in total. The first-order valence-corrected chi connectivity index (χ1v) is 11.1. The second kappa shape index (κ2) is 14.1. The van der Waals surface area contributed by atoms with Crippen molar-refractivity contribution in [2.75, 3.05) is 0 Å². The summed E-state index contributed by atoms with van der Waals surface area (Å²) in [6.45, 7) is 0. The van der Waals surface area contributed by atoms with E-state index >= 15 is 0 Å². The van der Waals surface area contributed by atoms with Crippen LogP contribution in [0.15, 0.2) is 60.7 Å². The average molecular weight is 525 g/mol. The molecule has 2 aliphatic rings. The zero-order valence-corrected chi connectivity index (χ0v) is 20.7. The third kappa shape index (κ3) is 8.25. The Morgan fingerprint density at radius 3 is 1.73 bits per heavy atom. The third-order valence-electron chi connectivity index (χ3n) is 4.92. The minimum atomic E-state index is -0.292. The van der Waals surface area contributed by atoms with Crippen molar-refractivity contribution in [3.05, 3.63) is 78.4 Å². The molecule has 0 unspecified atom stereocenters. The Morgan fingerprint density at radius 1 is 0.800 bits per heavy atom. The quantitative estimate of drug-likeness (QED) is 0.308. The number of hydrogen-bond donors (Lipinski definition) is 0. The van der Waals surface area contributed by atoms with Gasteiger partial charge in [-0.3, -0.25) is 6.08 Å². The number of fused-ring (bicyclic) bond motifs is 3. The first-order chi connectivity index (χ1) is 13.6. The number of hydrogen-bond acceptors (Lipinski definition) is 0. The van der Waals surface area contributed by atoms with Crippen LogP contribution in [0.5, 0.6) is 0 Å². The van der Waals surface area contributed by atoms with Crippen LogP contribution in [0.25, 0.3) is 21.5 Å². The zero-order valence-electron chi connectivity index (χ0n) is 16.7. The maximum atomic E-state index is 13.0. The summed E-state index contributed by atoms with van der Waals surface area (Å²) in [6.07, 6.45) is 18.8. The molecule has 3 aromatic rings. The van der Waals surface area contributed by atoms with Gasteiger partial charge in [-0.15, -0.1) is 46.2 Å². The molecule has 0 spiro atoms. The van der Waals surface area contributed by atoms with E-state index in [4.69, 9.17) is 0 Å². The normalized spacial score (nSPS) is 14.7. The van der Waals surface area contributed by atoms with Crippen LogP contribution in [-0.2, 0) is 24.2 Å². The molecule has 0 aliphatic heterocycles. The molecule has 30 heavy (non-hydrogen) atoms. The Labute approximate surface area is 204 Å². The van der Waals surface area contributed by atoms with Gasteiger partial charge in [-0.05, 0) is 0 Å². The SMILES string of the molecule is Fc1ccc2[cH-]c3ccc(F)cc3c2c1.[C-]1=CC=CC1.[Cl-].[Cl-].[Zr+2]=[C]1CCCCCC1. The molecule has 0 radical (unpaired) electrons. The second-order valence-corrected chi connectivity index (χ2v) is 8.87. The van der Waals surface area contributed by atoms with Crippen molar-refractivity contribution in [3.8, 4) is 0 Å². The van der Waals surface area contributed by atoms with E-state index in [2.05, 4.69) is 12.2 Å². The molecule has 1 saturated carbocycles. The van der Waals surface area contributed by atoms with E-state index in [0.717, 1.165) is 28.0 Å². The molecule has 3 aromatic carbocycles. The molecule has 0 atom stereocenters. The fourth-order valence-electron chi connectivity index (χ4n) is 3.44. The fraction of sp³-hybridized carbons (Fsp3) is 0.280. The van der Waals surface area contributed by atoms with Gasteiger partial charge in [-0.2, -0.15) is 6.08 Å². The van der Waals surface area contributed by atoms with Crippen molar-refractivity contribution in [2.45, 2.75) is 44.9 Å². The molecule has 2 aliphatic carbocycles. The molecule has 0 N–H and O–H groups in total. The van der Waals surface area contributed by atoms with Gasteiger partial charge >= 0.3 is 66.0 Å². The Morgan fingerprint density at radius 2 is 1.33 bits per heavy atom.